The lowest BCUT2D eigenvalue weighted by molar-refractivity contribution is -0.0226. The molecule has 190 valence electrons. The van der Waals surface area contributed by atoms with Crippen LogP contribution in [-0.2, 0) is 4.43 Å². The molecule has 4 N–H and O–H groups in total. The molecule has 0 aliphatic heterocycles. The second-order valence-corrected chi connectivity index (χ2v) is 14.7. The average molecular weight is 506 g/mol. The number of aliphatic hydroxyl groups is 2. The first kappa shape index (κ1) is 26.0. The molecular formula is C27H35N5O3Si. The lowest BCUT2D eigenvalue weighted by Gasteiger charge is -2.46. The maximum absolute atomic E-state index is 10.7. The van der Waals surface area contributed by atoms with Crippen molar-refractivity contribution >= 4 is 35.7 Å². The first-order chi connectivity index (χ1) is 17.2. The molecule has 0 bridgehead atoms. The number of nitrogen functional groups attached to an aromatic ring is 1. The van der Waals surface area contributed by atoms with E-state index in [4.69, 9.17) is 10.2 Å². The van der Waals surface area contributed by atoms with Crippen molar-refractivity contribution in [2.75, 3.05) is 25.6 Å². The minimum atomic E-state index is -2.88. The van der Waals surface area contributed by atoms with Crippen LogP contribution in [0.4, 0.5) is 5.82 Å². The molecule has 36 heavy (non-hydrogen) atoms. The van der Waals surface area contributed by atoms with Crippen molar-refractivity contribution in [1.82, 2.24) is 19.5 Å². The zero-order valence-electron chi connectivity index (χ0n) is 21.3. The Morgan fingerprint density at radius 3 is 1.97 bits per heavy atom. The fraction of sp³-hybridized carbons (Fsp3) is 0.370. The van der Waals surface area contributed by atoms with Gasteiger partial charge < -0.3 is 24.9 Å². The lowest BCUT2D eigenvalue weighted by Crippen LogP contribution is -2.67. The van der Waals surface area contributed by atoms with Gasteiger partial charge in [-0.3, -0.25) is 0 Å². The van der Waals surface area contributed by atoms with Gasteiger partial charge in [0.15, 0.2) is 11.5 Å². The molecule has 4 aromatic rings. The van der Waals surface area contributed by atoms with Crippen LogP contribution in [0.2, 0.25) is 5.04 Å². The Morgan fingerprint density at radius 1 is 0.917 bits per heavy atom. The summed E-state index contributed by atoms with van der Waals surface area (Å²) < 4.78 is 8.92. The van der Waals surface area contributed by atoms with Crippen molar-refractivity contribution in [1.29, 1.82) is 0 Å². The van der Waals surface area contributed by atoms with Crippen LogP contribution in [0.3, 0.4) is 0 Å². The third kappa shape index (κ3) is 4.32. The summed E-state index contributed by atoms with van der Waals surface area (Å²) in [5.74, 6) is 0.285. The Labute approximate surface area is 213 Å². The van der Waals surface area contributed by atoms with Crippen molar-refractivity contribution in [2.24, 2.45) is 5.41 Å². The number of fused-ring (bicyclic) bond motifs is 1. The summed E-state index contributed by atoms with van der Waals surface area (Å²) in [6.07, 6.45) is 3.02. The van der Waals surface area contributed by atoms with Gasteiger partial charge in [0, 0.05) is 12.6 Å². The number of aliphatic hydroxyl groups excluding tert-OH is 2. The van der Waals surface area contributed by atoms with E-state index in [9.17, 15) is 10.2 Å². The van der Waals surface area contributed by atoms with Gasteiger partial charge in [-0.25, -0.2) is 15.0 Å². The van der Waals surface area contributed by atoms with Gasteiger partial charge in [0.1, 0.15) is 11.8 Å². The number of imidazole rings is 1. The molecule has 9 heteroatoms. The van der Waals surface area contributed by atoms with Crippen LogP contribution < -0.4 is 16.1 Å². The molecule has 8 nitrogen and oxygen atoms in total. The summed E-state index contributed by atoms with van der Waals surface area (Å²) in [6, 6.07) is 20.2. The topological polar surface area (TPSA) is 119 Å². The molecule has 0 saturated heterocycles. The molecule has 0 amide bonds. The van der Waals surface area contributed by atoms with Gasteiger partial charge in [0.25, 0.3) is 8.32 Å². The molecule has 2 aromatic heterocycles. The molecule has 1 unspecified atom stereocenters. The van der Waals surface area contributed by atoms with Crippen LogP contribution in [0.5, 0.6) is 0 Å². The molecule has 1 atom stereocenters. The predicted octanol–water partition coefficient (Wildman–Crippen LogP) is 2.52. The van der Waals surface area contributed by atoms with E-state index < -0.39 is 19.8 Å². The van der Waals surface area contributed by atoms with E-state index in [1.165, 1.54) is 6.33 Å². The minimum absolute atomic E-state index is 0.134. The molecule has 0 fully saturated rings. The summed E-state index contributed by atoms with van der Waals surface area (Å²) in [6.45, 7) is 8.09. The van der Waals surface area contributed by atoms with E-state index in [2.05, 4.69) is 60.0 Å². The maximum Gasteiger partial charge on any atom is 0.261 e. The highest BCUT2D eigenvalue weighted by atomic mass is 28.4. The van der Waals surface area contributed by atoms with E-state index in [-0.39, 0.29) is 30.7 Å². The van der Waals surface area contributed by atoms with Crippen LogP contribution in [0.15, 0.2) is 73.3 Å². The van der Waals surface area contributed by atoms with Gasteiger partial charge in [-0.1, -0.05) is 81.4 Å². The highest BCUT2D eigenvalue weighted by Crippen LogP contribution is 2.40. The van der Waals surface area contributed by atoms with Crippen molar-refractivity contribution in [3.05, 3.63) is 73.3 Å². The van der Waals surface area contributed by atoms with Crippen LogP contribution in [0.1, 0.15) is 33.7 Å². The standard InChI is InChI=1S/C27H35N5O3Si/c1-20(32-19-31-23-24(28)29-18-30-25(23)32)27(15-33,16-34)17-35-36(26(2,3)4,21-11-7-5-8-12-21)22-13-9-6-10-14-22/h5-14,18-20,33-34H,15-17H2,1-4H3,(H2,28,29,30). The Kier molecular flexibility index (Phi) is 7.28. The minimum Gasteiger partial charge on any atom is -0.407 e. The largest absolute Gasteiger partial charge is 0.407 e. The third-order valence-corrected chi connectivity index (χ3v) is 12.3. The molecule has 0 saturated carbocycles. The first-order valence-corrected chi connectivity index (χ1v) is 14.0. The number of rotatable bonds is 9. The molecule has 0 spiro atoms. The van der Waals surface area contributed by atoms with E-state index in [1.54, 1.807) is 6.33 Å². The number of nitrogens with zero attached hydrogens (tertiary/aromatic N) is 4. The lowest BCUT2D eigenvalue weighted by atomic mass is 9.83. The van der Waals surface area contributed by atoms with Gasteiger partial charge in [0.05, 0.1) is 25.0 Å². The SMILES string of the molecule is CC(n1cnc2c(N)ncnc21)C(CO)(CO)CO[Si](c1ccccc1)(c1ccccc1)C(C)(C)C. The summed E-state index contributed by atoms with van der Waals surface area (Å²) in [4.78, 5) is 12.8. The van der Waals surface area contributed by atoms with E-state index >= 15 is 0 Å². The van der Waals surface area contributed by atoms with Crippen molar-refractivity contribution < 1.29 is 14.6 Å². The Balaban J connectivity index is 1.81. The first-order valence-electron chi connectivity index (χ1n) is 12.1. The number of hydrogen-bond donors (Lipinski definition) is 3. The highest BCUT2D eigenvalue weighted by molar-refractivity contribution is 6.99. The van der Waals surface area contributed by atoms with Crippen molar-refractivity contribution in [2.45, 2.75) is 38.8 Å². The normalized spacial score (nSPS) is 13.7. The smallest absolute Gasteiger partial charge is 0.261 e. The average Bonchev–Trinajstić information content (AvgIpc) is 3.32. The molecule has 2 aromatic carbocycles. The fourth-order valence-corrected chi connectivity index (χ4v) is 9.65. The zero-order chi connectivity index (χ0) is 26.0. The second kappa shape index (κ2) is 10.1. The number of benzene rings is 2. The zero-order valence-corrected chi connectivity index (χ0v) is 22.3. The third-order valence-electron chi connectivity index (χ3n) is 7.31. The molecule has 0 radical (unpaired) electrons. The van der Waals surface area contributed by atoms with Crippen LogP contribution in [0, 0.1) is 5.41 Å². The molecule has 2 heterocycles. The highest BCUT2D eigenvalue weighted by Gasteiger charge is 2.52. The van der Waals surface area contributed by atoms with Gasteiger partial charge in [-0.15, -0.1) is 0 Å². The van der Waals surface area contributed by atoms with Crippen molar-refractivity contribution in [3.8, 4) is 0 Å². The Bertz CT molecular complexity index is 1250. The van der Waals surface area contributed by atoms with Crippen LogP contribution in [-0.4, -0.2) is 57.9 Å². The van der Waals surface area contributed by atoms with Gasteiger partial charge in [-0.2, -0.15) is 0 Å². The maximum atomic E-state index is 10.7. The summed E-state index contributed by atoms with van der Waals surface area (Å²) in [5, 5.41) is 23.4. The summed E-state index contributed by atoms with van der Waals surface area (Å²) >= 11 is 0. The number of hydrogen-bond acceptors (Lipinski definition) is 7. The Morgan fingerprint density at radius 2 is 1.47 bits per heavy atom. The van der Waals surface area contributed by atoms with Crippen LogP contribution in [0.25, 0.3) is 11.2 Å². The fourth-order valence-electron chi connectivity index (χ4n) is 4.99. The molecular weight excluding hydrogens is 470 g/mol. The number of anilines is 1. The van der Waals surface area contributed by atoms with E-state index in [0.29, 0.717) is 11.2 Å². The molecule has 4 rings (SSSR count). The van der Waals surface area contributed by atoms with Crippen molar-refractivity contribution in [3.63, 3.8) is 0 Å². The summed E-state index contributed by atoms with van der Waals surface area (Å²) in [7, 11) is -2.88. The second-order valence-electron chi connectivity index (χ2n) is 10.4. The Hall–Kier alpha value is -3.11. The monoisotopic (exact) mass is 505 g/mol. The molecule has 0 aliphatic rings. The number of aromatic nitrogens is 4. The number of nitrogens with two attached hydrogens (primary N) is 1. The van der Waals surface area contributed by atoms with E-state index in [1.807, 2.05) is 47.9 Å². The molecule has 0 aliphatic carbocycles. The van der Waals surface area contributed by atoms with Gasteiger partial charge >= 0.3 is 0 Å². The predicted molar refractivity (Wildman–Crippen MR) is 145 cm³/mol. The summed E-state index contributed by atoms with van der Waals surface area (Å²) in [5.41, 5.74) is 6.01. The van der Waals surface area contributed by atoms with Gasteiger partial charge in [0.2, 0.25) is 0 Å². The van der Waals surface area contributed by atoms with E-state index in [0.717, 1.165) is 10.4 Å². The van der Waals surface area contributed by atoms with Gasteiger partial charge in [-0.05, 0) is 22.3 Å². The van der Waals surface area contributed by atoms with Crippen LogP contribution >= 0.6 is 0 Å². The quantitative estimate of drug-likeness (QED) is 0.299.